The van der Waals surface area contributed by atoms with Crippen molar-refractivity contribution in [2.75, 3.05) is 4.90 Å². The minimum atomic E-state index is -0.291. The molecule has 0 radical (unpaired) electrons. The number of nitrogens with zero attached hydrogens (tertiary/aromatic N) is 3. The topological polar surface area (TPSA) is 59.2 Å². The lowest BCUT2D eigenvalue weighted by molar-refractivity contribution is -0.117. The first kappa shape index (κ1) is 20.5. The fourth-order valence-electron chi connectivity index (χ4n) is 3.50. The maximum atomic E-state index is 13.9. The number of rotatable bonds is 5. The van der Waals surface area contributed by atoms with Crippen LogP contribution in [0.3, 0.4) is 0 Å². The van der Waals surface area contributed by atoms with Gasteiger partial charge in [0.05, 0.1) is 11.3 Å². The third-order valence-electron chi connectivity index (χ3n) is 5.09. The third kappa shape index (κ3) is 3.97. The van der Waals surface area contributed by atoms with Crippen molar-refractivity contribution in [3.8, 4) is 22.4 Å². The van der Waals surface area contributed by atoms with Crippen LogP contribution < -0.4 is 4.90 Å². The Morgan fingerprint density at radius 3 is 2.48 bits per heavy atom. The van der Waals surface area contributed by atoms with E-state index in [9.17, 15) is 9.18 Å². The summed E-state index contributed by atoms with van der Waals surface area (Å²) in [4.78, 5) is 18.7. The van der Waals surface area contributed by atoms with Crippen molar-refractivity contribution in [3.63, 3.8) is 0 Å². The van der Waals surface area contributed by atoms with E-state index in [4.69, 9.17) is 4.52 Å². The summed E-state index contributed by atoms with van der Waals surface area (Å²) in [7, 11) is 0. The van der Waals surface area contributed by atoms with Gasteiger partial charge in [-0.15, -0.1) is 0 Å². The number of hydrogen-bond donors (Lipinski definition) is 0. The number of pyridine rings is 1. The first-order valence-electron chi connectivity index (χ1n) is 10.1. The summed E-state index contributed by atoms with van der Waals surface area (Å²) in [5.74, 6) is -0.0972. The molecule has 1 amide bonds. The highest BCUT2D eigenvalue weighted by Crippen LogP contribution is 2.42. The maximum Gasteiger partial charge on any atom is 0.247 e. The summed E-state index contributed by atoms with van der Waals surface area (Å²) in [6.07, 6.45) is 3.63. The van der Waals surface area contributed by atoms with Crippen LogP contribution in [0.4, 0.5) is 16.0 Å². The summed E-state index contributed by atoms with van der Waals surface area (Å²) in [6, 6.07) is 16.1. The van der Waals surface area contributed by atoms with E-state index in [2.05, 4.69) is 10.1 Å². The minimum Gasteiger partial charge on any atom is -0.337 e. The van der Waals surface area contributed by atoms with Gasteiger partial charge in [-0.1, -0.05) is 24.2 Å². The van der Waals surface area contributed by atoms with Gasteiger partial charge in [0.2, 0.25) is 11.8 Å². The number of anilines is 2. The van der Waals surface area contributed by atoms with Gasteiger partial charge in [-0.3, -0.25) is 9.78 Å². The Kier molecular flexibility index (Phi) is 5.62. The van der Waals surface area contributed by atoms with E-state index in [1.165, 1.54) is 6.07 Å². The molecule has 4 rings (SSSR count). The van der Waals surface area contributed by atoms with Crippen LogP contribution in [-0.2, 0) is 4.79 Å². The van der Waals surface area contributed by atoms with Gasteiger partial charge in [-0.2, -0.15) is 0 Å². The fraction of sp³-hybridized carbons (Fsp3) is 0.160. The average molecular weight is 415 g/mol. The number of aryl methyl sites for hydroxylation is 2. The Hall–Kier alpha value is -3.80. The van der Waals surface area contributed by atoms with Crippen LogP contribution >= 0.6 is 0 Å². The molecule has 0 fully saturated rings. The number of carbonyl (C=O) groups is 1. The van der Waals surface area contributed by atoms with Crippen molar-refractivity contribution < 1.29 is 13.7 Å². The van der Waals surface area contributed by atoms with Gasteiger partial charge in [0.15, 0.2) is 0 Å². The Morgan fingerprint density at radius 1 is 1.03 bits per heavy atom. The van der Waals surface area contributed by atoms with Crippen molar-refractivity contribution in [2.24, 2.45) is 0 Å². The number of amides is 1. The molecule has 0 saturated carbocycles. The van der Waals surface area contributed by atoms with Crippen LogP contribution in [0.15, 0.2) is 71.5 Å². The van der Waals surface area contributed by atoms with Gasteiger partial charge in [-0.05, 0) is 73.0 Å². The first-order valence-corrected chi connectivity index (χ1v) is 10.1. The number of carbonyl (C=O) groups excluding carboxylic acids is 1. The monoisotopic (exact) mass is 415 g/mol. The Balaban J connectivity index is 1.98. The molecule has 0 unspecified atom stereocenters. The zero-order valence-corrected chi connectivity index (χ0v) is 17.6. The molecule has 0 atom stereocenters. The van der Waals surface area contributed by atoms with E-state index < -0.39 is 0 Å². The molecule has 156 valence electrons. The van der Waals surface area contributed by atoms with Crippen molar-refractivity contribution >= 4 is 17.5 Å². The lowest BCUT2D eigenvalue weighted by atomic mass is 9.99. The molecule has 5 nitrogen and oxygen atoms in total. The zero-order chi connectivity index (χ0) is 22.0. The van der Waals surface area contributed by atoms with Gasteiger partial charge in [0, 0.05) is 24.4 Å². The quantitative estimate of drug-likeness (QED) is 0.387. The summed E-state index contributed by atoms with van der Waals surface area (Å²) >= 11 is 0. The summed E-state index contributed by atoms with van der Waals surface area (Å²) < 4.78 is 19.7. The maximum absolute atomic E-state index is 13.9. The van der Waals surface area contributed by atoms with Gasteiger partial charge in [-0.25, -0.2) is 9.29 Å². The predicted molar refractivity (Wildman–Crippen MR) is 118 cm³/mol. The van der Waals surface area contributed by atoms with E-state index in [0.29, 0.717) is 34.0 Å². The molecule has 0 spiro atoms. The highest BCUT2D eigenvalue weighted by molar-refractivity contribution is 6.04. The molecule has 0 aliphatic heterocycles. The predicted octanol–water partition coefficient (Wildman–Crippen LogP) is 6.23. The standard InChI is InChI=1S/C25H22FN3O2/c1-4-22(30)29(20-7-5-6-16(2)14-20)25-23(18-10-12-27-13-11-18)24(28-31-25)19-8-9-21(26)17(3)15-19/h5-15H,4H2,1-3H3. The fourth-order valence-corrected chi connectivity index (χ4v) is 3.50. The highest BCUT2D eigenvalue weighted by atomic mass is 19.1. The van der Waals surface area contributed by atoms with Crippen LogP contribution in [0, 0.1) is 19.7 Å². The molecule has 4 aromatic rings. The van der Waals surface area contributed by atoms with Crippen LogP contribution in [0.5, 0.6) is 0 Å². The molecule has 0 aliphatic rings. The summed E-state index contributed by atoms with van der Waals surface area (Å²) in [6.45, 7) is 5.47. The van der Waals surface area contributed by atoms with Crippen molar-refractivity contribution in [1.82, 2.24) is 10.1 Å². The molecule has 2 heterocycles. The average Bonchev–Trinajstić information content (AvgIpc) is 3.21. The van der Waals surface area contributed by atoms with E-state index >= 15 is 0 Å². The van der Waals surface area contributed by atoms with Crippen LogP contribution in [0.2, 0.25) is 0 Å². The van der Waals surface area contributed by atoms with E-state index in [-0.39, 0.29) is 18.1 Å². The van der Waals surface area contributed by atoms with E-state index in [0.717, 1.165) is 11.1 Å². The van der Waals surface area contributed by atoms with Crippen LogP contribution in [0.1, 0.15) is 24.5 Å². The third-order valence-corrected chi connectivity index (χ3v) is 5.09. The molecular formula is C25H22FN3O2. The minimum absolute atomic E-state index is 0.126. The lowest BCUT2D eigenvalue weighted by Crippen LogP contribution is -2.25. The second-order valence-electron chi connectivity index (χ2n) is 7.33. The Labute approximate surface area is 180 Å². The second kappa shape index (κ2) is 8.52. The lowest BCUT2D eigenvalue weighted by Gasteiger charge is -2.21. The molecular weight excluding hydrogens is 393 g/mol. The largest absolute Gasteiger partial charge is 0.337 e. The van der Waals surface area contributed by atoms with Gasteiger partial charge >= 0.3 is 0 Å². The SMILES string of the molecule is CCC(=O)N(c1cccc(C)c1)c1onc(-c2ccc(F)c(C)c2)c1-c1ccncc1. The number of halogens is 1. The van der Waals surface area contributed by atoms with Crippen LogP contribution in [-0.4, -0.2) is 16.0 Å². The van der Waals surface area contributed by atoms with Gasteiger partial charge in [0.25, 0.3) is 0 Å². The van der Waals surface area contributed by atoms with Crippen LogP contribution in [0.25, 0.3) is 22.4 Å². The summed E-state index contributed by atoms with van der Waals surface area (Å²) in [5, 5.41) is 4.31. The van der Waals surface area contributed by atoms with Gasteiger partial charge < -0.3 is 4.52 Å². The van der Waals surface area contributed by atoms with Gasteiger partial charge in [0.1, 0.15) is 11.5 Å². The molecule has 31 heavy (non-hydrogen) atoms. The smallest absolute Gasteiger partial charge is 0.247 e. The normalized spacial score (nSPS) is 10.8. The molecule has 6 heteroatoms. The van der Waals surface area contributed by atoms with Crippen molar-refractivity contribution in [1.29, 1.82) is 0 Å². The molecule has 0 aliphatic carbocycles. The molecule has 0 saturated heterocycles. The second-order valence-corrected chi connectivity index (χ2v) is 7.33. The number of benzene rings is 2. The number of aromatic nitrogens is 2. The molecule has 0 N–H and O–H groups in total. The van der Waals surface area contributed by atoms with Crippen molar-refractivity contribution in [2.45, 2.75) is 27.2 Å². The Bertz CT molecular complexity index is 1230. The zero-order valence-electron chi connectivity index (χ0n) is 17.6. The van der Waals surface area contributed by atoms with Crippen molar-refractivity contribution in [3.05, 3.63) is 83.9 Å². The molecule has 2 aromatic carbocycles. The summed E-state index contributed by atoms with van der Waals surface area (Å²) in [5.41, 5.74) is 4.90. The first-order chi connectivity index (χ1) is 15.0. The Morgan fingerprint density at radius 2 is 1.81 bits per heavy atom. The van der Waals surface area contributed by atoms with E-state index in [1.807, 2.05) is 43.3 Å². The molecule has 0 bridgehead atoms. The number of hydrogen-bond acceptors (Lipinski definition) is 4. The van der Waals surface area contributed by atoms with E-state index in [1.54, 1.807) is 43.3 Å². The highest BCUT2D eigenvalue weighted by Gasteiger charge is 2.28. The molecule has 2 aromatic heterocycles.